The molecule has 1 saturated carbocycles. The molecule has 3 unspecified atom stereocenters. The van der Waals surface area contributed by atoms with Crippen molar-refractivity contribution in [2.45, 2.75) is 45.6 Å². The first-order chi connectivity index (χ1) is 11.9. The van der Waals surface area contributed by atoms with Crippen molar-refractivity contribution >= 4 is 17.8 Å². The van der Waals surface area contributed by atoms with Crippen molar-refractivity contribution < 1.29 is 14.4 Å². The van der Waals surface area contributed by atoms with Gasteiger partial charge in [-0.3, -0.25) is 14.5 Å². The number of amides is 4. The zero-order valence-electron chi connectivity index (χ0n) is 15.5. The molecule has 1 heterocycles. The van der Waals surface area contributed by atoms with Crippen LogP contribution in [-0.4, -0.2) is 65.3 Å². The first kappa shape index (κ1) is 18.0. The van der Waals surface area contributed by atoms with Gasteiger partial charge in [0.05, 0.1) is 0 Å². The molecule has 0 spiro atoms. The van der Waals surface area contributed by atoms with Crippen LogP contribution in [0.25, 0.3) is 0 Å². The van der Waals surface area contributed by atoms with Crippen molar-refractivity contribution in [2.24, 2.45) is 17.8 Å². The Labute approximate surface area is 149 Å². The number of hydrogen-bond donors (Lipinski definition) is 0. The summed E-state index contributed by atoms with van der Waals surface area (Å²) in [4.78, 5) is 41.0. The van der Waals surface area contributed by atoms with Crippen molar-refractivity contribution in [1.82, 2.24) is 14.7 Å². The molecule has 6 heteroatoms. The summed E-state index contributed by atoms with van der Waals surface area (Å²) in [6.07, 6.45) is 8.00. The third kappa shape index (κ3) is 3.72. The van der Waals surface area contributed by atoms with E-state index in [0.29, 0.717) is 37.1 Å². The molecular weight excluding hydrogens is 318 g/mol. The fraction of sp³-hybridized carbons (Fsp3) is 0.737. The van der Waals surface area contributed by atoms with Gasteiger partial charge in [-0.05, 0) is 50.9 Å². The summed E-state index contributed by atoms with van der Waals surface area (Å²) in [5, 5.41) is 0. The average molecular weight is 347 g/mol. The number of rotatable bonds is 7. The highest BCUT2D eigenvalue weighted by Crippen LogP contribution is 2.43. The number of urea groups is 1. The fourth-order valence-corrected chi connectivity index (χ4v) is 4.38. The van der Waals surface area contributed by atoms with Crippen LogP contribution in [0.3, 0.4) is 0 Å². The molecule has 4 amide bonds. The summed E-state index contributed by atoms with van der Waals surface area (Å²) >= 11 is 0. The van der Waals surface area contributed by atoms with Gasteiger partial charge in [-0.2, -0.15) is 0 Å². The number of likely N-dealkylation sites (N-methyl/N-ethyl adjacent to an activating group) is 1. The predicted octanol–water partition coefficient (Wildman–Crippen LogP) is 2.11. The molecule has 0 aromatic heterocycles. The van der Waals surface area contributed by atoms with E-state index in [1.807, 2.05) is 4.90 Å². The molecule has 0 aromatic carbocycles. The number of hydrogen-bond acceptors (Lipinski definition) is 3. The molecule has 6 nitrogen and oxygen atoms in total. The van der Waals surface area contributed by atoms with Crippen LogP contribution in [0.2, 0.25) is 0 Å². The molecule has 3 atom stereocenters. The van der Waals surface area contributed by atoms with Gasteiger partial charge in [0.15, 0.2) is 0 Å². The molecule has 0 radical (unpaired) electrons. The lowest BCUT2D eigenvalue weighted by Gasteiger charge is -2.32. The van der Waals surface area contributed by atoms with Crippen LogP contribution < -0.4 is 0 Å². The van der Waals surface area contributed by atoms with E-state index in [-0.39, 0.29) is 30.4 Å². The maximum atomic E-state index is 12.7. The molecule has 25 heavy (non-hydrogen) atoms. The topological polar surface area (TPSA) is 60.9 Å². The Balaban J connectivity index is 1.49. The fourth-order valence-electron chi connectivity index (χ4n) is 4.38. The van der Waals surface area contributed by atoms with E-state index in [9.17, 15) is 14.4 Å². The van der Waals surface area contributed by atoms with Crippen LogP contribution in [0, 0.1) is 17.8 Å². The minimum atomic E-state index is -0.257. The number of nitrogens with zero attached hydrogens (tertiary/aromatic N) is 3. The molecule has 3 aliphatic rings. The van der Waals surface area contributed by atoms with Crippen LogP contribution in [-0.2, 0) is 9.59 Å². The van der Waals surface area contributed by atoms with E-state index in [1.165, 1.54) is 22.6 Å². The molecular formula is C19H29N3O3. The van der Waals surface area contributed by atoms with E-state index >= 15 is 0 Å². The van der Waals surface area contributed by atoms with E-state index in [2.05, 4.69) is 26.0 Å². The highest BCUT2D eigenvalue weighted by Gasteiger charge is 2.37. The highest BCUT2D eigenvalue weighted by atomic mass is 16.2. The molecule has 2 fully saturated rings. The maximum Gasteiger partial charge on any atom is 0.326 e. The second-order valence-corrected chi connectivity index (χ2v) is 7.97. The zero-order chi connectivity index (χ0) is 18.1. The Kier molecular flexibility index (Phi) is 5.16. The Morgan fingerprint density at radius 2 is 2.04 bits per heavy atom. The Morgan fingerprint density at radius 3 is 2.56 bits per heavy atom. The number of allylic oxidation sites excluding steroid dienone is 2. The van der Waals surface area contributed by atoms with Gasteiger partial charge in [0.1, 0.15) is 6.54 Å². The van der Waals surface area contributed by atoms with Crippen LogP contribution in [0.5, 0.6) is 0 Å². The summed E-state index contributed by atoms with van der Waals surface area (Å²) in [6, 6.07) is -0.0799. The van der Waals surface area contributed by atoms with Crippen LogP contribution >= 0.6 is 0 Å². The van der Waals surface area contributed by atoms with Gasteiger partial charge in [-0.15, -0.1) is 0 Å². The maximum absolute atomic E-state index is 12.7. The Morgan fingerprint density at radius 1 is 1.28 bits per heavy atom. The molecule has 2 bridgehead atoms. The summed E-state index contributed by atoms with van der Waals surface area (Å²) in [5.41, 5.74) is 0. The van der Waals surface area contributed by atoms with Crippen molar-refractivity contribution in [3.8, 4) is 0 Å². The first-order valence-electron chi connectivity index (χ1n) is 9.40. The normalized spacial score (nSPS) is 27.9. The quantitative estimate of drug-likeness (QED) is 0.523. The smallest absolute Gasteiger partial charge is 0.326 e. The number of fused-ring (bicyclic) bond motifs is 2. The zero-order valence-corrected chi connectivity index (χ0v) is 15.5. The van der Waals surface area contributed by atoms with Gasteiger partial charge in [-0.1, -0.05) is 12.2 Å². The minimum Gasteiger partial charge on any atom is -0.340 e. The van der Waals surface area contributed by atoms with Crippen LogP contribution in [0.15, 0.2) is 12.2 Å². The van der Waals surface area contributed by atoms with E-state index in [4.69, 9.17) is 0 Å². The molecule has 1 aliphatic heterocycles. The molecule has 2 aliphatic carbocycles. The lowest BCUT2D eigenvalue weighted by atomic mass is 9.92. The Hall–Kier alpha value is -1.85. The lowest BCUT2D eigenvalue weighted by molar-refractivity contribution is -0.134. The van der Waals surface area contributed by atoms with Gasteiger partial charge in [0.25, 0.3) is 0 Å². The second-order valence-electron chi connectivity index (χ2n) is 7.97. The van der Waals surface area contributed by atoms with E-state index < -0.39 is 0 Å². The summed E-state index contributed by atoms with van der Waals surface area (Å²) < 4.78 is 0. The summed E-state index contributed by atoms with van der Waals surface area (Å²) in [5.74, 6) is 1.89. The molecule has 0 N–H and O–H groups in total. The molecule has 3 rings (SSSR count). The number of carbonyl (C=O) groups is 3. The number of carbonyl (C=O) groups excluding carboxylic acids is 3. The predicted molar refractivity (Wildman–Crippen MR) is 94.7 cm³/mol. The highest BCUT2D eigenvalue weighted by molar-refractivity contribution is 6.01. The third-order valence-corrected chi connectivity index (χ3v) is 5.79. The summed E-state index contributed by atoms with van der Waals surface area (Å²) in [7, 11) is 1.62. The number of imide groups is 1. The van der Waals surface area contributed by atoms with Crippen LogP contribution in [0.1, 0.15) is 39.5 Å². The molecule has 0 aromatic rings. The lowest BCUT2D eigenvalue weighted by Crippen LogP contribution is -2.41. The third-order valence-electron chi connectivity index (χ3n) is 5.79. The van der Waals surface area contributed by atoms with Crippen LogP contribution in [0.4, 0.5) is 4.79 Å². The van der Waals surface area contributed by atoms with E-state index in [0.717, 1.165) is 6.54 Å². The SMILES string of the molecule is CC(C)N(CC1CC2C=CC1C2)C(=O)CCCN1C(=O)CN(C)C1=O. The minimum absolute atomic E-state index is 0.134. The van der Waals surface area contributed by atoms with Gasteiger partial charge < -0.3 is 9.80 Å². The van der Waals surface area contributed by atoms with Gasteiger partial charge in [0, 0.05) is 32.6 Å². The average Bonchev–Trinajstić information content (AvgIpc) is 3.23. The largest absolute Gasteiger partial charge is 0.340 e. The van der Waals surface area contributed by atoms with Crippen molar-refractivity contribution in [3.63, 3.8) is 0 Å². The van der Waals surface area contributed by atoms with Gasteiger partial charge in [-0.25, -0.2) is 4.79 Å². The summed E-state index contributed by atoms with van der Waals surface area (Å²) in [6.45, 7) is 5.42. The van der Waals surface area contributed by atoms with Crippen molar-refractivity contribution in [1.29, 1.82) is 0 Å². The van der Waals surface area contributed by atoms with Gasteiger partial charge in [0.2, 0.25) is 11.8 Å². The monoisotopic (exact) mass is 347 g/mol. The Bertz CT molecular complexity index is 586. The standard InChI is InChI=1S/C19H29N3O3/c1-13(2)22(11-16-10-14-6-7-15(16)9-14)17(23)5-4-8-21-18(24)12-20(3)19(21)25/h6-7,13-16H,4-5,8-12H2,1-3H3. The second kappa shape index (κ2) is 7.18. The van der Waals surface area contributed by atoms with Gasteiger partial charge >= 0.3 is 6.03 Å². The van der Waals surface area contributed by atoms with Crippen molar-refractivity contribution in [2.75, 3.05) is 26.7 Å². The molecule has 1 saturated heterocycles. The molecule has 138 valence electrons. The first-order valence-corrected chi connectivity index (χ1v) is 9.40. The van der Waals surface area contributed by atoms with E-state index in [1.54, 1.807) is 7.05 Å². The van der Waals surface area contributed by atoms with Crippen molar-refractivity contribution in [3.05, 3.63) is 12.2 Å².